The zero-order valence-corrected chi connectivity index (χ0v) is 12.3. The molecule has 0 N–H and O–H groups in total. The average molecular weight is 349 g/mol. The molecular weight excluding hydrogens is 337 g/mol. The number of rotatable bonds is 3. The molecule has 3 nitrogen and oxygen atoms in total. The Labute approximate surface area is 113 Å². The molecule has 86 valence electrons. The zero-order chi connectivity index (χ0) is 11.7. The summed E-state index contributed by atoms with van der Waals surface area (Å²) in [5, 5.41) is 1.21. The fraction of sp³-hybridized carbons (Fsp3) is 0.273. The van der Waals surface area contributed by atoms with Crippen LogP contribution in [0.1, 0.15) is 11.1 Å². The maximum Gasteiger partial charge on any atom is 0.129 e. The van der Waals surface area contributed by atoms with Crippen LogP contribution in [0.15, 0.2) is 18.3 Å². The number of nitrogens with zero attached hydrogens (tertiary/aromatic N) is 1. The fourth-order valence-electron chi connectivity index (χ4n) is 1.91. The van der Waals surface area contributed by atoms with E-state index in [1.807, 2.05) is 33.2 Å². The molecule has 2 rings (SSSR count). The number of aromatic nitrogens is 1. The summed E-state index contributed by atoms with van der Waals surface area (Å²) in [6, 6.07) is 4.14. The normalized spacial score (nSPS) is 11.0. The van der Waals surface area contributed by atoms with Crippen molar-refractivity contribution in [2.24, 2.45) is 0 Å². The largest absolute Gasteiger partial charge is 0.496 e. The quantitative estimate of drug-likeness (QED) is 0.617. The van der Waals surface area contributed by atoms with Crippen molar-refractivity contribution in [2.45, 2.75) is 13.8 Å². The van der Waals surface area contributed by atoms with E-state index in [1.54, 1.807) is 7.11 Å². The van der Waals surface area contributed by atoms with Gasteiger partial charge in [0, 0.05) is 17.1 Å². The molecule has 2 aromatic rings. The molecule has 0 amide bonds. The highest BCUT2D eigenvalue weighted by molar-refractivity contribution is 14.1. The molecule has 0 bridgehead atoms. The lowest BCUT2D eigenvalue weighted by Crippen LogP contribution is -1.92. The second-order valence-corrected chi connectivity index (χ2v) is 5.31. The average Bonchev–Trinajstić information content (AvgIpc) is 2.68. The molecule has 1 aromatic carbocycles. The van der Waals surface area contributed by atoms with E-state index in [2.05, 4.69) is 26.0 Å². The van der Waals surface area contributed by atoms with Gasteiger partial charge in [0.25, 0.3) is 0 Å². The topological polar surface area (TPSA) is 23.4 Å². The Bertz CT molecular complexity index is 524. The van der Waals surface area contributed by atoms with Gasteiger partial charge in [0.2, 0.25) is 0 Å². The van der Waals surface area contributed by atoms with Crippen molar-refractivity contribution in [3.8, 4) is 5.75 Å². The van der Waals surface area contributed by atoms with Gasteiger partial charge in [0.05, 0.1) is 12.6 Å². The molecule has 1 aromatic heterocycles. The minimum Gasteiger partial charge on any atom is -0.496 e. The highest BCUT2D eigenvalue weighted by Gasteiger charge is 2.11. The molecule has 0 aliphatic heterocycles. The minimum absolute atomic E-state index is 0.933. The van der Waals surface area contributed by atoms with Crippen LogP contribution in [0.2, 0.25) is 0 Å². The van der Waals surface area contributed by atoms with Gasteiger partial charge in [-0.3, -0.25) is 3.97 Å². The third-order valence-corrected chi connectivity index (χ3v) is 3.68. The van der Waals surface area contributed by atoms with Gasteiger partial charge in [-0.05, 0) is 31.5 Å². The van der Waals surface area contributed by atoms with E-state index in [-0.39, 0.29) is 0 Å². The smallest absolute Gasteiger partial charge is 0.129 e. The van der Waals surface area contributed by atoms with E-state index in [1.165, 1.54) is 28.7 Å². The molecule has 0 atom stereocenters. The van der Waals surface area contributed by atoms with Gasteiger partial charge in [-0.2, -0.15) is 0 Å². The summed E-state index contributed by atoms with van der Waals surface area (Å²) in [6.07, 6.45) is 2.01. The molecule has 5 heteroatoms. The van der Waals surface area contributed by atoms with Crippen LogP contribution in [0.3, 0.4) is 0 Å². The molecule has 0 saturated heterocycles. The number of hydrogen-bond donors (Lipinski definition) is 0. The van der Waals surface area contributed by atoms with Gasteiger partial charge in [-0.25, -0.2) is 2.51 Å². The highest BCUT2D eigenvalue weighted by Crippen LogP contribution is 2.33. The van der Waals surface area contributed by atoms with E-state index < -0.39 is 0 Å². The first kappa shape index (κ1) is 12.1. The summed E-state index contributed by atoms with van der Waals surface area (Å²) in [4.78, 5) is 0. The first-order chi connectivity index (χ1) is 7.69. The van der Waals surface area contributed by atoms with Crippen molar-refractivity contribution in [3.05, 3.63) is 29.5 Å². The van der Waals surface area contributed by atoms with Crippen molar-refractivity contribution in [1.82, 2.24) is 3.97 Å². The summed E-state index contributed by atoms with van der Waals surface area (Å²) in [5.74, 6) is 0.933. The molecule has 0 spiro atoms. The third-order valence-electron chi connectivity index (χ3n) is 2.68. The van der Waals surface area contributed by atoms with Crippen molar-refractivity contribution in [3.63, 3.8) is 0 Å². The Kier molecular flexibility index (Phi) is 3.66. The number of ether oxygens (including phenoxy) is 1. The maximum atomic E-state index is 5.35. The van der Waals surface area contributed by atoms with E-state index in [0.29, 0.717) is 0 Å². The Morgan fingerprint density at radius 2 is 2.12 bits per heavy atom. The fourth-order valence-corrected chi connectivity index (χ4v) is 2.92. The Morgan fingerprint density at radius 3 is 2.75 bits per heavy atom. The summed E-state index contributed by atoms with van der Waals surface area (Å²) >= 11 is 3.18. The second kappa shape index (κ2) is 4.85. The molecule has 0 unspecified atom stereocenters. The van der Waals surface area contributed by atoms with E-state index in [0.717, 1.165) is 11.3 Å². The van der Waals surface area contributed by atoms with Crippen molar-refractivity contribution < 1.29 is 7.25 Å². The van der Waals surface area contributed by atoms with E-state index in [9.17, 15) is 0 Å². The van der Waals surface area contributed by atoms with Crippen LogP contribution in [-0.2, 0) is 2.51 Å². The zero-order valence-electron chi connectivity index (χ0n) is 9.28. The number of halogens is 1. The predicted octanol–water partition coefficient (Wildman–Crippen LogP) is 4.04. The minimum atomic E-state index is 0.933. The maximum absolute atomic E-state index is 5.35. The Balaban J connectivity index is 2.71. The van der Waals surface area contributed by atoms with Crippen LogP contribution in [-0.4, -0.2) is 11.1 Å². The first-order valence-corrected chi connectivity index (χ1v) is 6.38. The van der Waals surface area contributed by atoms with Crippen molar-refractivity contribution in [1.29, 1.82) is 0 Å². The lowest BCUT2D eigenvalue weighted by atomic mass is 10.1. The van der Waals surface area contributed by atoms with Crippen LogP contribution in [0.4, 0.5) is 0 Å². The molecule has 0 radical (unpaired) electrons. The summed E-state index contributed by atoms with van der Waals surface area (Å²) in [5.41, 5.74) is 3.53. The lowest BCUT2D eigenvalue weighted by Gasteiger charge is -2.09. The lowest BCUT2D eigenvalue weighted by molar-refractivity contribution is 0.412. The summed E-state index contributed by atoms with van der Waals surface area (Å²) < 4.78 is 12.4. The standard InChI is InChI=1S/C11H12INO2S/c1-7-6-10(14-3)8(2)9-4-5-13(11(7)9)16-15-12/h4-6H,1-3H3. The molecular formula is C11H12INO2S. The van der Waals surface area contributed by atoms with Crippen LogP contribution in [0.25, 0.3) is 10.9 Å². The van der Waals surface area contributed by atoms with Gasteiger partial charge in [-0.15, -0.1) is 0 Å². The Hall–Kier alpha value is -0.400. The molecule has 16 heavy (non-hydrogen) atoms. The molecule has 0 aliphatic carbocycles. The number of fused-ring (bicyclic) bond motifs is 1. The first-order valence-electron chi connectivity index (χ1n) is 4.80. The molecule has 1 heterocycles. The second-order valence-electron chi connectivity index (χ2n) is 3.56. The van der Waals surface area contributed by atoms with Crippen LogP contribution in [0, 0.1) is 13.8 Å². The number of aryl methyl sites for hydroxylation is 2. The summed E-state index contributed by atoms with van der Waals surface area (Å²) in [7, 11) is 1.70. The predicted molar refractivity (Wildman–Crippen MR) is 76.1 cm³/mol. The number of methoxy groups -OCH3 is 1. The van der Waals surface area contributed by atoms with Crippen LogP contribution >= 0.6 is 35.2 Å². The van der Waals surface area contributed by atoms with Gasteiger partial charge >= 0.3 is 0 Å². The molecule has 0 fully saturated rings. The highest BCUT2D eigenvalue weighted by atomic mass is 127. The van der Waals surface area contributed by atoms with Gasteiger partial charge in [-0.1, -0.05) is 0 Å². The van der Waals surface area contributed by atoms with Gasteiger partial charge < -0.3 is 4.74 Å². The van der Waals surface area contributed by atoms with E-state index in [4.69, 9.17) is 7.25 Å². The monoisotopic (exact) mass is 349 g/mol. The van der Waals surface area contributed by atoms with Crippen LogP contribution in [0.5, 0.6) is 5.75 Å². The summed E-state index contributed by atoms with van der Waals surface area (Å²) in [6.45, 7) is 4.15. The Morgan fingerprint density at radius 1 is 1.38 bits per heavy atom. The molecule has 0 aliphatic rings. The number of benzene rings is 1. The van der Waals surface area contributed by atoms with Gasteiger partial charge in [0.15, 0.2) is 0 Å². The third kappa shape index (κ3) is 1.91. The van der Waals surface area contributed by atoms with E-state index >= 15 is 0 Å². The van der Waals surface area contributed by atoms with Crippen molar-refractivity contribution in [2.75, 3.05) is 7.11 Å². The van der Waals surface area contributed by atoms with Gasteiger partial charge in [0.1, 0.15) is 41.0 Å². The number of hydrogen-bond acceptors (Lipinski definition) is 3. The molecule has 0 saturated carbocycles. The van der Waals surface area contributed by atoms with Crippen molar-refractivity contribution >= 4 is 46.1 Å². The van der Waals surface area contributed by atoms with Crippen LogP contribution < -0.4 is 4.74 Å². The SMILES string of the molecule is COc1cc(C)c2c(ccn2SOI)c1C.